The minimum absolute atomic E-state index is 0.106. The molecule has 10 heteroatoms. The number of allylic oxidation sites excluding steroid dienone is 1. The molecule has 208 valence electrons. The average molecular weight is 673 g/mol. The summed E-state index contributed by atoms with van der Waals surface area (Å²) < 4.78 is 25.4. The number of fused-ring (bicyclic) bond motifs is 1. The van der Waals surface area contributed by atoms with Crippen LogP contribution in [0.1, 0.15) is 44.9 Å². The van der Waals surface area contributed by atoms with Crippen LogP contribution in [0.3, 0.4) is 0 Å². The van der Waals surface area contributed by atoms with Crippen LogP contribution < -0.4 is 29.1 Å². The number of hydrogen-bond donors (Lipinski definition) is 0. The molecule has 0 N–H and O–H groups in total. The summed E-state index contributed by atoms with van der Waals surface area (Å²) in [6.07, 6.45) is 7.01. The Balaban J connectivity index is 1.94. The van der Waals surface area contributed by atoms with Crippen molar-refractivity contribution in [3.8, 4) is 29.6 Å². The van der Waals surface area contributed by atoms with Gasteiger partial charge < -0.3 is 18.9 Å². The number of terminal acetylenes is 1. The lowest BCUT2D eigenvalue weighted by atomic mass is 9.95. The molecule has 0 radical (unpaired) electrons. The first-order valence-electron chi connectivity index (χ1n) is 12.6. The maximum atomic E-state index is 14.0. The summed E-state index contributed by atoms with van der Waals surface area (Å²) in [4.78, 5) is 32.3. The van der Waals surface area contributed by atoms with Crippen molar-refractivity contribution in [3.63, 3.8) is 0 Å². The Bertz CT molecular complexity index is 1700. The minimum Gasteiger partial charge on any atom is -0.493 e. The first kappa shape index (κ1) is 29.4. The summed E-state index contributed by atoms with van der Waals surface area (Å²) in [6, 6.07) is 10.3. The minimum atomic E-state index is -0.776. The molecular weight excluding hydrogens is 643 g/mol. The number of aromatic nitrogens is 1. The maximum Gasteiger partial charge on any atom is 0.338 e. The lowest BCUT2D eigenvalue weighted by Gasteiger charge is -2.26. The zero-order valence-electron chi connectivity index (χ0n) is 22.8. The van der Waals surface area contributed by atoms with Gasteiger partial charge in [-0.05, 0) is 80.1 Å². The Labute approximate surface area is 250 Å². The number of rotatable bonds is 9. The number of methoxy groups -OCH3 is 1. The quantitative estimate of drug-likeness (QED) is 0.193. The smallest absolute Gasteiger partial charge is 0.338 e. The molecule has 40 heavy (non-hydrogen) atoms. The topological polar surface area (TPSA) is 88.4 Å². The molecule has 0 bridgehead atoms. The molecule has 2 aromatic carbocycles. The summed E-state index contributed by atoms with van der Waals surface area (Å²) in [6.45, 7) is 7.64. The fourth-order valence-corrected chi connectivity index (χ4v) is 6.21. The molecule has 0 unspecified atom stereocenters. The predicted octanol–water partition coefficient (Wildman–Crippen LogP) is 4.21. The molecule has 1 aromatic heterocycles. The molecule has 0 saturated heterocycles. The number of thiazole rings is 1. The predicted molar refractivity (Wildman–Crippen MR) is 163 cm³/mol. The van der Waals surface area contributed by atoms with Crippen LogP contribution in [0, 0.1) is 15.9 Å². The van der Waals surface area contributed by atoms with Gasteiger partial charge in [-0.1, -0.05) is 35.5 Å². The molecule has 1 atom stereocenters. The summed E-state index contributed by atoms with van der Waals surface area (Å²) in [5.41, 5.74) is 1.91. The second-order valence-corrected chi connectivity index (χ2v) is 11.2. The van der Waals surface area contributed by atoms with E-state index in [2.05, 4.69) is 33.5 Å². The van der Waals surface area contributed by atoms with E-state index in [-0.39, 0.29) is 24.9 Å². The zero-order valence-corrected chi connectivity index (χ0v) is 25.8. The third kappa shape index (κ3) is 5.95. The zero-order chi connectivity index (χ0) is 29.0. The van der Waals surface area contributed by atoms with Gasteiger partial charge in [0.05, 0.1) is 39.2 Å². The number of ether oxygens (including phenoxy) is 4. The SMILES string of the molecule is C#CCOc1c(I)cc(/C=c2/sc3n(c2=O)[C@H](c2ccccc2OC(C)C)C(C(=O)OCC)=C(C)N=3)cc1OC. The van der Waals surface area contributed by atoms with Crippen molar-refractivity contribution in [1.29, 1.82) is 0 Å². The normalized spacial score (nSPS) is 14.8. The summed E-state index contributed by atoms with van der Waals surface area (Å²) in [5.74, 6) is 3.54. The molecule has 8 nitrogen and oxygen atoms in total. The molecule has 3 aromatic rings. The van der Waals surface area contributed by atoms with E-state index < -0.39 is 12.0 Å². The Kier molecular flexibility index (Phi) is 9.37. The summed E-state index contributed by atoms with van der Waals surface area (Å²) >= 11 is 3.39. The van der Waals surface area contributed by atoms with Crippen LogP contribution in [0.5, 0.6) is 17.2 Å². The van der Waals surface area contributed by atoms with Crippen LogP contribution >= 0.6 is 33.9 Å². The number of nitrogens with zero attached hydrogens (tertiary/aromatic N) is 2. The fraction of sp³-hybridized carbons (Fsp3) is 0.300. The average Bonchev–Trinajstić information content (AvgIpc) is 3.21. The van der Waals surface area contributed by atoms with Gasteiger partial charge in [-0.15, -0.1) is 6.42 Å². The van der Waals surface area contributed by atoms with Crippen molar-refractivity contribution in [2.45, 2.75) is 39.8 Å². The van der Waals surface area contributed by atoms with Crippen LogP contribution in [0.15, 0.2) is 57.5 Å². The van der Waals surface area contributed by atoms with Gasteiger partial charge >= 0.3 is 5.97 Å². The van der Waals surface area contributed by atoms with E-state index in [9.17, 15) is 9.59 Å². The van der Waals surface area contributed by atoms with Gasteiger partial charge in [0.2, 0.25) is 0 Å². The molecule has 0 amide bonds. The third-order valence-corrected chi connectivity index (χ3v) is 7.73. The molecule has 0 spiro atoms. The Morgan fingerprint density at radius 1 is 1.27 bits per heavy atom. The number of para-hydroxylation sites is 1. The molecule has 0 aliphatic carbocycles. The number of esters is 1. The molecular formula is C30H29IN2O6S. The Hall–Kier alpha value is -3.56. The van der Waals surface area contributed by atoms with Crippen molar-refractivity contribution < 1.29 is 23.7 Å². The van der Waals surface area contributed by atoms with Gasteiger partial charge in [0, 0.05) is 5.56 Å². The molecule has 1 aliphatic heterocycles. The molecule has 4 rings (SSSR count). The van der Waals surface area contributed by atoms with E-state index in [0.29, 0.717) is 43.4 Å². The second kappa shape index (κ2) is 12.7. The Morgan fingerprint density at radius 3 is 2.70 bits per heavy atom. The lowest BCUT2D eigenvalue weighted by molar-refractivity contribution is -0.139. The van der Waals surface area contributed by atoms with Gasteiger partial charge in [0.15, 0.2) is 16.3 Å². The highest BCUT2D eigenvalue weighted by Gasteiger charge is 2.35. The van der Waals surface area contributed by atoms with Crippen LogP contribution in [0.25, 0.3) is 6.08 Å². The molecule has 2 heterocycles. The van der Waals surface area contributed by atoms with Crippen molar-refractivity contribution in [1.82, 2.24) is 4.57 Å². The standard InChI is InChI=1S/C30H29IN2O6S/c1-7-13-38-27-21(31)14-19(15-23(27)36-6)16-24-28(34)33-26(20-11-9-10-12-22(20)39-17(3)4)25(29(35)37-8-2)18(5)32-30(33)40-24/h1,9-12,14-17,26H,8,13H2,2-6H3/b24-16+/t26-/m1/s1. The monoisotopic (exact) mass is 672 g/mol. The van der Waals surface area contributed by atoms with E-state index in [0.717, 1.165) is 9.13 Å². The van der Waals surface area contributed by atoms with Gasteiger partial charge in [0.1, 0.15) is 18.4 Å². The van der Waals surface area contributed by atoms with E-state index in [1.807, 2.05) is 44.2 Å². The molecule has 0 saturated carbocycles. The highest BCUT2D eigenvalue weighted by Crippen LogP contribution is 2.37. The summed E-state index contributed by atoms with van der Waals surface area (Å²) in [7, 11) is 1.54. The first-order chi connectivity index (χ1) is 19.2. The number of carbonyl (C=O) groups excluding carboxylic acids is 1. The Morgan fingerprint density at radius 2 is 2.02 bits per heavy atom. The second-order valence-electron chi connectivity index (χ2n) is 9.03. The number of carbonyl (C=O) groups is 1. The first-order valence-corrected chi connectivity index (χ1v) is 14.5. The van der Waals surface area contributed by atoms with Gasteiger partial charge in [-0.2, -0.15) is 0 Å². The van der Waals surface area contributed by atoms with Gasteiger partial charge in [-0.25, -0.2) is 9.79 Å². The van der Waals surface area contributed by atoms with Crippen molar-refractivity contribution in [3.05, 3.63) is 82.1 Å². The fourth-order valence-electron chi connectivity index (χ4n) is 4.38. The number of hydrogen-bond acceptors (Lipinski definition) is 8. The van der Waals surface area contributed by atoms with E-state index in [4.69, 9.17) is 25.4 Å². The van der Waals surface area contributed by atoms with Crippen LogP contribution in [0.4, 0.5) is 0 Å². The number of benzene rings is 2. The highest BCUT2D eigenvalue weighted by atomic mass is 127. The van der Waals surface area contributed by atoms with Crippen molar-refractivity contribution in [2.75, 3.05) is 20.3 Å². The van der Waals surface area contributed by atoms with Gasteiger partial charge in [-0.3, -0.25) is 9.36 Å². The lowest BCUT2D eigenvalue weighted by Crippen LogP contribution is -2.40. The maximum absolute atomic E-state index is 14.0. The van der Waals surface area contributed by atoms with Gasteiger partial charge in [0.25, 0.3) is 5.56 Å². The third-order valence-electron chi connectivity index (χ3n) is 5.94. The van der Waals surface area contributed by atoms with Crippen LogP contribution in [-0.4, -0.2) is 37.0 Å². The largest absolute Gasteiger partial charge is 0.493 e. The van der Waals surface area contributed by atoms with Crippen LogP contribution in [-0.2, 0) is 9.53 Å². The van der Waals surface area contributed by atoms with Crippen molar-refractivity contribution in [2.24, 2.45) is 4.99 Å². The van der Waals surface area contributed by atoms with E-state index >= 15 is 0 Å². The van der Waals surface area contributed by atoms with Crippen LogP contribution in [0.2, 0.25) is 0 Å². The van der Waals surface area contributed by atoms with E-state index in [1.54, 1.807) is 37.7 Å². The summed E-state index contributed by atoms with van der Waals surface area (Å²) in [5, 5.41) is 0. The highest BCUT2D eigenvalue weighted by molar-refractivity contribution is 14.1. The molecule has 1 aliphatic rings. The van der Waals surface area contributed by atoms with E-state index in [1.165, 1.54) is 11.3 Å². The van der Waals surface area contributed by atoms with Crippen molar-refractivity contribution >= 4 is 46.0 Å². The molecule has 0 fully saturated rings. The number of halogens is 1.